The van der Waals surface area contributed by atoms with Crippen molar-refractivity contribution in [3.63, 3.8) is 0 Å². The summed E-state index contributed by atoms with van der Waals surface area (Å²) in [6, 6.07) is 14.0. The monoisotopic (exact) mass is 749 g/mol. The van der Waals surface area contributed by atoms with E-state index in [0.717, 1.165) is 28.4 Å². The molecule has 0 bridgehead atoms. The van der Waals surface area contributed by atoms with Crippen LogP contribution in [0, 0.1) is 5.41 Å². The number of carbonyl (C=O) groups excluding carboxylic acids is 3. The second-order valence-electron chi connectivity index (χ2n) is 13.8. The van der Waals surface area contributed by atoms with Crippen LogP contribution in [0.25, 0.3) is 10.9 Å². The molecule has 4 rings (SSSR count). The molecule has 0 aliphatic carbocycles. The second kappa shape index (κ2) is 15.0. The molecule has 1 aromatic heterocycles. The van der Waals surface area contributed by atoms with E-state index in [1.807, 2.05) is 0 Å². The van der Waals surface area contributed by atoms with Crippen molar-refractivity contribution in [2.75, 3.05) is 0 Å². The lowest BCUT2D eigenvalue weighted by Crippen LogP contribution is -2.49. The van der Waals surface area contributed by atoms with E-state index in [1.54, 1.807) is 59.7 Å². The maximum atomic E-state index is 14.0. The van der Waals surface area contributed by atoms with Gasteiger partial charge in [-0.05, 0) is 102 Å². The molecule has 0 aliphatic heterocycles. The number of hydrogen-bond donors (Lipinski definition) is 0. The number of ketones is 1. The molecule has 0 fully saturated rings. The molecule has 0 amide bonds. The summed E-state index contributed by atoms with van der Waals surface area (Å²) in [7, 11) is 0. The fourth-order valence-electron chi connectivity index (χ4n) is 4.95. The standard InChI is InChI=1S/C36H36Cl2F3N3O7/c1-33(2,3)50-31(47)35(32(48)51-34(4,5)6,16-17-44-30(46)24-8-7-9-25(36(39,40)41)29(24)42-43-44)19-28(45)22-11-13-23(14-12-22)49-20-21-10-15-26(37)27(38)18-21/h7-15,18H,16-17,19-20H2,1-6H3. The van der Waals surface area contributed by atoms with Gasteiger partial charge in [0.2, 0.25) is 0 Å². The van der Waals surface area contributed by atoms with E-state index in [-0.39, 0.29) is 17.6 Å². The third-order valence-corrected chi connectivity index (χ3v) is 8.16. The van der Waals surface area contributed by atoms with Gasteiger partial charge in [0.1, 0.15) is 29.1 Å². The first-order valence-corrected chi connectivity index (χ1v) is 16.5. The van der Waals surface area contributed by atoms with Crippen molar-refractivity contribution in [2.45, 2.75) is 84.9 Å². The number of nitrogens with zero attached hydrogens (tertiary/aromatic N) is 3. The van der Waals surface area contributed by atoms with Crippen LogP contribution in [-0.4, -0.2) is 43.9 Å². The largest absolute Gasteiger partial charge is 0.489 e. The van der Waals surface area contributed by atoms with Crippen LogP contribution in [0.5, 0.6) is 5.75 Å². The molecule has 10 nitrogen and oxygen atoms in total. The van der Waals surface area contributed by atoms with Gasteiger partial charge in [-0.25, -0.2) is 4.68 Å². The average Bonchev–Trinajstić information content (AvgIpc) is 3.02. The number of fused-ring (bicyclic) bond motifs is 1. The maximum absolute atomic E-state index is 14.0. The molecule has 272 valence electrons. The van der Waals surface area contributed by atoms with Crippen LogP contribution >= 0.6 is 23.2 Å². The first-order chi connectivity index (χ1) is 23.6. The van der Waals surface area contributed by atoms with Gasteiger partial charge in [0.05, 0.1) is 21.0 Å². The minimum atomic E-state index is -4.80. The van der Waals surface area contributed by atoms with Gasteiger partial charge in [-0.3, -0.25) is 19.2 Å². The van der Waals surface area contributed by atoms with Crippen LogP contribution in [0.4, 0.5) is 13.2 Å². The molecule has 0 radical (unpaired) electrons. The van der Waals surface area contributed by atoms with Crippen LogP contribution < -0.4 is 10.3 Å². The van der Waals surface area contributed by atoms with Gasteiger partial charge in [0.15, 0.2) is 11.2 Å². The number of ether oxygens (including phenoxy) is 3. The number of halogens is 5. The maximum Gasteiger partial charge on any atom is 0.418 e. The van der Waals surface area contributed by atoms with Gasteiger partial charge in [-0.15, -0.1) is 5.10 Å². The van der Waals surface area contributed by atoms with Gasteiger partial charge < -0.3 is 14.2 Å². The smallest absolute Gasteiger partial charge is 0.418 e. The van der Waals surface area contributed by atoms with E-state index in [1.165, 1.54) is 24.3 Å². The number of carbonyl (C=O) groups is 3. The van der Waals surface area contributed by atoms with E-state index >= 15 is 0 Å². The SMILES string of the molecule is CC(C)(C)OC(=O)C(CCn1nnc2c(C(F)(F)F)cccc2c1=O)(CC(=O)c1ccc(OCc2ccc(Cl)c(Cl)c2)cc1)C(=O)OC(C)(C)C. The summed E-state index contributed by atoms with van der Waals surface area (Å²) < 4.78 is 58.6. The quantitative estimate of drug-likeness (QED) is 0.0851. The predicted molar refractivity (Wildman–Crippen MR) is 184 cm³/mol. The van der Waals surface area contributed by atoms with E-state index in [4.69, 9.17) is 37.4 Å². The fraction of sp³-hybridized carbons (Fsp3) is 0.389. The molecule has 0 unspecified atom stereocenters. The highest BCUT2D eigenvalue weighted by Crippen LogP contribution is 2.37. The molecular weight excluding hydrogens is 714 g/mol. The Morgan fingerprint density at radius 1 is 0.824 bits per heavy atom. The van der Waals surface area contributed by atoms with Crippen LogP contribution in [0.3, 0.4) is 0 Å². The highest BCUT2D eigenvalue weighted by atomic mass is 35.5. The number of esters is 2. The van der Waals surface area contributed by atoms with E-state index in [9.17, 15) is 32.3 Å². The summed E-state index contributed by atoms with van der Waals surface area (Å²) in [6.45, 7) is 9.06. The van der Waals surface area contributed by atoms with Gasteiger partial charge in [-0.1, -0.05) is 40.5 Å². The lowest BCUT2D eigenvalue weighted by molar-refractivity contribution is -0.186. The Morgan fingerprint density at radius 3 is 1.98 bits per heavy atom. The lowest BCUT2D eigenvalue weighted by Gasteiger charge is -2.34. The third kappa shape index (κ3) is 9.85. The number of hydrogen-bond acceptors (Lipinski definition) is 9. The Bertz CT molecular complexity index is 1970. The zero-order valence-corrected chi connectivity index (χ0v) is 30.2. The second-order valence-corrected chi connectivity index (χ2v) is 14.6. The highest BCUT2D eigenvalue weighted by Gasteiger charge is 2.52. The van der Waals surface area contributed by atoms with E-state index < -0.39 is 76.5 Å². The van der Waals surface area contributed by atoms with Gasteiger partial charge in [0, 0.05) is 18.5 Å². The summed E-state index contributed by atoms with van der Waals surface area (Å²) in [5.74, 6) is -2.43. The number of Topliss-reactive ketones (excluding diaryl/α,β-unsaturated/α-hetero) is 1. The van der Waals surface area contributed by atoms with Crippen molar-refractivity contribution in [3.05, 3.63) is 97.8 Å². The number of aromatic nitrogens is 3. The predicted octanol–water partition coefficient (Wildman–Crippen LogP) is 8.03. The fourth-order valence-corrected chi connectivity index (χ4v) is 5.28. The van der Waals surface area contributed by atoms with Gasteiger partial charge in [-0.2, -0.15) is 13.2 Å². The minimum Gasteiger partial charge on any atom is -0.489 e. The zero-order chi connectivity index (χ0) is 37.9. The summed E-state index contributed by atoms with van der Waals surface area (Å²) in [5.41, 5.74) is -6.43. The molecule has 51 heavy (non-hydrogen) atoms. The topological polar surface area (TPSA) is 127 Å². The van der Waals surface area contributed by atoms with Gasteiger partial charge >= 0.3 is 18.1 Å². The molecule has 0 N–H and O–H groups in total. The van der Waals surface area contributed by atoms with Crippen molar-refractivity contribution < 1.29 is 41.8 Å². The van der Waals surface area contributed by atoms with Crippen molar-refractivity contribution in [1.82, 2.24) is 15.0 Å². The molecule has 0 saturated carbocycles. The number of aryl methyl sites for hydroxylation is 1. The molecule has 3 aromatic carbocycles. The Balaban J connectivity index is 1.69. The molecule has 0 aliphatic rings. The Kier molecular flexibility index (Phi) is 11.6. The molecule has 0 saturated heterocycles. The lowest BCUT2D eigenvalue weighted by atomic mass is 9.78. The average molecular weight is 751 g/mol. The number of rotatable bonds is 11. The normalized spacial score (nSPS) is 12.5. The first-order valence-electron chi connectivity index (χ1n) is 15.7. The van der Waals surface area contributed by atoms with Crippen molar-refractivity contribution in [2.24, 2.45) is 5.41 Å². The molecule has 0 spiro atoms. The zero-order valence-electron chi connectivity index (χ0n) is 28.7. The van der Waals surface area contributed by atoms with E-state index in [0.29, 0.717) is 15.8 Å². The highest BCUT2D eigenvalue weighted by molar-refractivity contribution is 6.42. The number of benzene rings is 3. The number of alkyl halides is 3. The summed E-state index contributed by atoms with van der Waals surface area (Å²) >= 11 is 12.0. The molecular formula is C36H36Cl2F3N3O7. The first kappa shape index (κ1) is 39.3. The Labute approximate surface area is 301 Å². The van der Waals surface area contributed by atoms with Gasteiger partial charge in [0.25, 0.3) is 5.56 Å². The van der Waals surface area contributed by atoms with Crippen molar-refractivity contribution in [3.8, 4) is 5.75 Å². The molecule has 0 atom stereocenters. The molecule has 1 heterocycles. The Morgan fingerprint density at radius 2 is 1.43 bits per heavy atom. The summed E-state index contributed by atoms with van der Waals surface area (Å²) in [6.07, 6.45) is -6.09. The molecule has 4 aromatic rings. The van der Waals surface area contributed by atoms with Crippen LogP contribution in [-0.2, 0) is 38.4 Å². The van der Waals surface area contributed by atoms with Crippen molar-refractivity contribution in [1.29, 1.82) is 0 Å². The third-order valence-electron chi connectivity index (χ3n) is 7.42. The van der Waals surface area contributed by atoms with Crippen molar-refractivity contribution >= 4 is 51.8 Å². The molecule has 15 heteroatoms. The summed E-state index contributed by atoms with van der Waals surface area (Å²) in [5, 5.41) is 7.72. The summed E-state index contributed by atoms with van der Waals surface area (Å²) in [4.78, 5) is 55.2. The minimum absolute atomic E-state index is 0.121. The Hall–Kier alpha value is -4.49. The van der Waals surface area contributed by atoms with Crippen LogP contribution in [0.1, 0.15) is 75.9 Å². The van der Waals surface area contributed by atoms with E-state index in [2.05, 4.69) is 10.3 Å². The van der Waals surface area contributed by atoms with Crippen LogP contribution in [0.2, 0.25) is 10.0 Å². The van der Waals surface area contributed by atoms with Crippen LogP contribution in [0.15, 0.2) is 65.5 Å².